The minimum absolute atomic E-state index is 0.0270. The predicted molar refractivity (Wildman–Crippen MR) is 62.4 cm³/mol. The van der Waals surface area contributed by atoms with Gasteiger partial charge in [0.25, 0.3) is 0 Å². The quantitative estimate of drug-likeness (QED) is 0.788. The summed E-state index contributed by atoms with van der Waals surface area (Å²) in [4.78, 5) is 11.3. The van der Waals surface area contributed by atoms with E-state index in [1.807, 2.05) is 24.3 Å². The lowest BCUT2D eigenvalue weighted by Crippen LogP contribution is -2.40. The second-order valence-corrected chi connectivity index (χ2v) is 3.89. The SMILES string of the molecule is CNC(=O)Cc1ccccc1NC1COC1. The number of anilines is 1. The molecular weight excluding hydrogens is 204 g/mol. The number of hydrogen-bond acceptors (Lipinski definition) is 3. The Kier molecular flexibility index (Phi) is 3.41. The van der Waals surface area contributed by atoms with Crippen molar-refractivity contribution in [3.63, 3.8) is 0 Å². The summed E-state index contributed by atoms with van der Waals surface area (Å²) in [5, 5.41) is 6.00. The Balaban J connectivity index is 2.06. The van der Waals surface area contributed by atoms with E-state index in [0.717, 1.165) is 24.5 Å². The molecule has 4 nitrogen and oxygen atoms in total. The highest BCUT2D eigenvalue weighted by atomic mass is 16.5. The lowest BCUT2D eigenvalue weighted by Gasteiger charge is -2.28. The Bertz CT molecular complexity index is 375. The van der Waals surface area contributed by atoms with Gasteiger partial charge in [0, 0.05) is 12.7 Å². The number of likely N-dealkylation sites (N-methyl/N-ethyl adjacent to an activating group) is 1. The van der Waals surface area contributed by atoms with Crippen LogP contribution in [0, 0.1) is 0 Å². The van der Waals surface area contributed by atoms with E-state index in [9.17, 15) is 4.79 Å². The fourth-order valence-electron chi connectivity index (χ4n) is 1.62. The van der Waals surface area contributed by atoms with Crippen LogP contribution < -0.4 is 10.6 Å². The average Bonchev–Trinajstić information content (AvgIpc) is 2.25. The summed E-state index contributed by atoms with van der Waals surface area (Å²) in [6.45, 7) is 1.49. The van der Waals surface area contributed by atoms with Crippen LogP contribution in [0.25, 0.3) is 0 Å². The second-order valence-electron chi connectivity index (χ2n) is 3.89. The Labute approximate surface area is 95.0 Å². The van der Waals surface area contributed by atoms with Crippen LogP contribution in [0.5, 0.6) is 0 Å². The average molecular weight is 220 g/mol. The highest BCUT2D eigenvalue weighted by molar-refractivity contribution is 5.80. The van der Waals surface area contributed by atoms with Crippen molar-refractivity contribution in [1.29, 1.82) is 0 Å². The summed E-state index contributed by atoms with van der Waals surface area (Å²) in [5.74, 6) is 0.0270. The Morgan fingerprint density at radius 1 is 1.44 bits per heavy atom. The summed E-state index contributed by atoms with van der Waals surface area (Å²) in [5.41, 5.74) is 2.05. The molecule has 1 aliphatic rings. The van der Waals surface area contributed by atoms with Gasteiger partial charge < -0.3 is 15.4 Å². The summed E-state index contributed by atoms with van der Waals surface area (Å²) >= 11 is 0. The van der Waals surface area contributed by atoms with Gasteiger partial charge in [-0.05, 0) is 11.6 Å². The summed E-state index contributed by atoms with van der Waals surface area (Å²) < 4.78 is 5.11. The van der Waals surface area contributed by atoms with Gasteiger partial charge in [-0.2, -0.15) is 0 Å². The molecule has 1 fully saturated rings. The zero-order chi connectivity index (χ0) is 11.4. The highest BCUT2D eigenvalue weighted by Crippen LogP contribution is 2.18. The van der Waals surface area contributed by atoms with Gasteiger partial charge in [-0.1, -0.05) is 18.2 Å². The van der Waals surface area contributed by atoms with Gasteiger partial charge >= 0.3 is 0 Å². The van der Waals surface area contributed by atoms with Crippen molar-refractivity contribution in [3.05, 3.63) is 29.8 Å². The fourth-order valence-corrected chi connectivity index (χ4v) is 1.62. The number of carbonyl (C=O) groups is 1. The normalized spacial score (nSPS) is 15.3. The van der Waals surface area contributed by atoms with E-state index >= 15 is 0 Å². The van der Waals surface area contributed by atoms with Crippen molar-refractivity contribution in [1.82, 2.24) is 5.32 Å². The molecule has 1 aromatic rings. The molecule has 2 N–H and O–H groups in total. The van der Waals surface area contributed by atoms with Crippen molar-refractivity contribution in [2.75, 3.05) is 25.6 Å². The smallest absolute Gasteiger partial charge is 0.224 e. The number of amides is 1. The molecule has 1 aliphatic heterocycles. The van der Waals surface area contributed by atoms with Crippen LogP contribution in [0.1, 0.15) is 5.56 Å². The molecule has 0 saturated carbocycles. The Hall–Kier alpha value is -1.55. The van der Waals surface area contributed by atoms with Crippen molar-refractivity contribution >= 4 is 11.6 Å². The van der Waals surface area contributed by atoms with E-state index in [1.54, 1.807) is 7.05 Å². The first kappa shape index (κ1) is 11.0. The van der Waals surface area contributed by atoms with E-state index in [-0.39, 0.29) is 5.91 Å². The Morgan fingerprint density at radius 3 is 2.81 bits per heavy atom. The first-order chi connectivity index (χ1) is 7.79. The third-order valence-corrected chi connectivity index (χ3v) is 2.64. The van der Waals surface area contributed by atoms with Crippen molar-refractivity contribution in [2.24, 2.45) is 0 Å². The van der Waals surface area contributed by atoms with Gasteiger partial charge in [0.15, 0.2) is 0 Å². The zero-order valence-corrected chi connectivity index (χ0v) is 9.32. The summed E-state index contributed by atoms with van der Waals surface area (Å²) in [6.07, 6.45) is 0.410. The molecule has 0 spiro atoms. The first-order valence-corrected chi connectivity index (χ1v) is 5.42. The minimum atomic E-state index is 0.0270. The molecule has 0 aromatic heterocycles. The molecule has 0 radical (unpaired) electrons. The molecule has 86 valence electrons. The molecule has 16 heavy (non-hydrogen) atoms. The van der Waals surface area contributed by atoms with Crippen molar-refractivity contribution in [3.8, 4) is 0 Å². The van der Waals surface area contributed by atoms with Crippen LogP contribution in [0.3, 0.4) is 0 Å². The van der Waals surface area contributed by atoms with Gasteiger partial charge in [0.2, 0.25) is 5.91 Å². The second kappa shape index (κ2) is 4.99. The molecule has 1 amide bonds. The minimum Gasteiger partial charge on any atom is -0.377 e. The number of rotatable bonds is 4. The first-order valence-electron chi connectivity index (χ1n) is 5.42. The summed E-state index contributed by atoms with van der Waals surface area (Å²) in [7, 11) is 1.65. The molecule has 1 heterocycles. The molecule has 2 rings (SSSR count). The third-order valence-electron chi connectivity index (χ3n) is 2.64. The maximum Gasteiger partial charge on any atom is 0.224 e. The maximum absolute atomic E-state index is 11.3. The molecule has 0 unspecified atom stereocenters. The lowest BCUT2D eigenvalue weighted by molar-refractivity contribution is -0.119. The van der Waals surface area contributed by atoms with E-state index in [4.69, 9.17) is 4.74 Å². The molecule has 4 heteroatoms. The van der Waals surface area contributed by atoms with Gasteiger partial charge in [-0.3, -0.25) is 4.79 Å². The molecule has 1 aromatic carbocycles. The highest BCUT2D eigenvalue weighted by Gasteiger charge is 2.19. The van der Waals surface area contributed by atoms with Crippen LogP contribution in [-0.4, -0.2) is 32.2 Å². The van der Waals surface area contributed by atoms with Crippen LogP contribution in [0.2, 0.25) is 0 Å². The number of nitrogens with one attached hydrogen (secondary N) is 2. The fraction of sp³-hybridized carbons (Fsp3) is 0.417. The number of hydrogen-bond donors (Lipinski definition) is 2. The molecule has 0 bridgehead atoms. The number of benzene rings is 1. The van der Waals surface area contributed by atoms with Crippen molar-refractivity contribution < 1.29 is 9.53 Å². The molecule has 1 saturated heterocycles. The van der Waals surface area contributed by atoms with Gasteiger partial charge in [0.05, 0.1) is 25.7 Å². The monoisotopic (exact) mass is 220 g/mol. The van der Waals surface area contributed by atoms with Crippen LogP contribution in [-0.2, 0) is 16.0 Å². The summed E-state index contributed by atoms with van der Waals surface area (Å²) in [6, 6.07) is 8.26. The van der Waals surface area contributed by atoms with E-state index < -0.39 is 0 Å². The topological polar surface area (TPSA) is 50.4 Å². The van der Waals surface area contributed by atoms with Gasteiger partial charge in [-0.15, -0.1) is 0 Å². The van der Waals surface area contributed by atoms with E-state index in [2.05, 4.69) is 10.6 Å². The maximum atomic E-state index is 11.3. The Morgan fingerprint density at radius 2 is 2.19 bits per heavy atom. The van der Waals surface area contributed by atoms with Gasteiger partial charge in [0.1, 0.15) is 0 Å². The standard InChI is InChI=1S/C12H16N2O2/c1-13-12(15)6-9-4-2-3-5-11(9)14-10-7-16-8-10/h2-5,10,14H,6-8H2,1H3,(H,13,15). The van der Waals surface area contributed by atoms with Crippen LogP contribution in [0.15, 0.2) is 24.3 Å². The lowest BCUT2D eigenvalue weighted by atomic mass is 10.1. The molecule has 0 atom stereocenters. The van der Waals surface area contributed by atoms with Crippen molar-refractivity contribution in [2.45, 2.75) is 12.5 Å². The van der Waals surface area contributed by atoms with E-state index in [1.165, 1.54) is 0 Å². The number of para-hydroxylation sites is 1. The number of carbonyl (C=O) groups excluding carboxylic acids is 1. The van der Waals surface area contributed by atoms with Crippen LogP contribution in [0.4, 0.5) is 5.69 Å². The zero-order valence-electron chi connectivity index (χ0n) is 9.32. The van der Waals surface area contributed by atoms with Gasteiger partial charge in [-0.25, -0.2) is 0 Å². The van der Waals surface area contributed by atoms with E-state index in [0.29, 0.717) is 12.5 Å². The molecular formula is C12H16N2O2. The predicted octanol–water partition coefficient (Wildman–Crippen LogP) is 0.786. The van der Waals surface area contributed by atoms with Crippen LogP contribution >= 0.6 is 0 Å². The largest absolute Gasteiger partial charge is 0.377 e. The molecule has 0 aliphatic carbocycles. The number of ether oxygens (including phenoxy) is 1. The third kappa shape index (κ3) is 2.52.